The van der Waals surface area contributed by atoms with Crippen LogP contribution in [0.4, 0.5) is 17.1 Å². The van der Waals surface area contributed by atoms with Crippen LogP contribution in [0.2, 0.25) is 0 Å². The number of ether oxygens (including phenoxy) is 1. The molecule has 0 fully saturated rings. The van der Waals surface area contributed by atoms with Crippen LogP contribution < -0.4 is 15.0 Å². The normalized spacial score (nSPS) is 13.2. The van der Waals surface area contributed by atoms with Gasteiger partial charge in [-0.05, 0) is 23.8 Å². The van der Waals surface area contributed by atoms with Gasteiger partial charge in [-0.15, -0.1) is 0 Å². The van der Waals surface area contributed by atoms with Gasteiger partial charge in [0.1, 0.15) is 0 Å². The zero-order valence-electron chi connectivity index (χ0n) is 12.3. The summed E-state index contributed by atoms with van der Waals surface area (Å²) in [6, 6.07) is 13.2. The molecule has 6 nitrogen and oxygen atoms in total. The fourth-order valence-electron chi connectivity index (χ4n) is 2.71. The molecule has 0 bridgehead atoms. The molecule has 114 valence electrons. The predicted molar refractivity (Wildman–Crippen MR) is 85.6 cm³/mol. The van der Waals surface area contributed by atoms with E-state index < -0.39 is 4.92 Å². The predicted octanol–water partition coefficient (Wildman–Crippen LogP) is 3.04. The van der Waals surface area contributed by atoms with Gasteiger partial charge in [0.05, 0.1) is 23.4 Å². The molecule has 3 rings (SSSR count). The van der Waals surface area contributed by atoms with Crippen molar-refractivity contribution in [2.75, 3.05) is 30.4 Å². The van der Waals surface area contributed by atoms with Gasteiger partial charge in [-0.2, -0.15) is 0 Å². The lowest BCUT2D eigenvalue weighted by molar-refractivity contribution is -0.385. The van der Waals surface area contributed by atoms with Gasteiger partial charge < -0.3 is 15.0 Å². The molecule has 22 heavy (non-hydrogen) atoms. The Kier molecular flexibility index (Phi) is 3.82. The van der Waals surface area contributed by atoms with Crippen LogP contribution in [0.15, 0.2) is 42.5 Å². The Bertz CT molecular complexity index is 703. The van der Waals surface area contributed by atoms with Crippen molar-refractivity contribution in [3.63, 3.8) is 0 Å². The van der Waals surface area contributed by atoms with Crippen molar-refractivity contribution in [3.05, 3.63) is 58.1 Å². The van der Waals surface area contributed by atoms with E-state index >= 15 is 0 Å². The van der Waals surface area contributed by atoms with E-state index in [1.54, 1.807) is 12.1 Å². The molecule has 1 aliphatic rings. The second-order valence-electron chi connectivity index (χ2n) is 5.13. The highest BCUT2D eigenvalue weighted by molar-refractivity contribution is 5.72. The van der Waals surface area contributed by atoms with Gasteiger partial charge in [0.2, 0.25) is 0 Å². The number of rotatable bonds is 4. The summed E-state index contributed by atoms with van der Waals surface area (Å²) in [6.07, 6.45) is 0. The highest BCUT2D eigenvalue weighted by Gasteiger charge is 2.19. The van der Waals surface area contributed by atoms with Crippen LogP contribution >= 0.6 is 0 Å². The fraction of sp³-hybridized carbons (Fsp3) is 0.250. The van der Waals surface area contributed by atoms with Crippen LogP contribution in [0, 0.1) is 10.1 Å². The van der Waals surface area contributed by atoms with Crippen molar-refractivity contribution in [3.8, 4) is 5.75 Å². The lowest BCUT2D eigenvalue weighted by atomic mass is 10.1. The van der Waals surface area contributed by atoms with E-state index in [0.717, 1.165) is 30.0 Å². The number of nitrogens with zero attached hydrogens (tertiary/aromatic N) is 2. The Hall–Kier alpha value is -2.76. The molecule has 1 N–H and O–H groups in total. The molecule has 0 atom stereocenters. The highest BCUT2D eigenvalue weighted by atomic mass is 16.6. The van der Waals surface area contributed by atoms with Crippen molar-refractivity contribution in [1.82, 2.24) is 0 Å². The van der Waals surface area contributed by atoms with E-state index in [-0.39, 0.29) is 11.4 Å². The number of anilines is 2. The fourth-order valence-corrected chi connectivity index (χ4v) is 2.71. The minimum Gasteiger partial charge on any atom is -0.490 e. The lowest BCUT2D eigenvalue weighted by Crippen LogP contribution is -2.33. The molecular formula is C16H17N3O3. The van der Waals surface area contributed by atoms with Crippen LogP contribution in [0.5, 0.6) is 5.75 Å². The molecule has 0 saturated heterocycles. The van der Waals surface area contributed by atoms with Gasteiger partial charge in [-0.3, -0.25) is 10.1 Å². The number of hydrogen-bond acceptors (Lipinski definition) is 5. The number of nitrogens with one attached hydrogen (secondary N) is 1. The first-order chi connectivity index (χ1) is 10.7. The monoisotopic (exact) mass is 299 g/mol. The summed E-state index contributed by atoms with van der Waals surface area (Å²) in [6.45, 7) is 2.34. The van der Waals surface area contributed by atoms with E-state index in [1.807, 2.05) is 24.3 Å². The summed E-state index contributed by atoms with van der Waals surface area (Å²) in [5, 5.41) is 14.5. The van der Waals surface area contributed by atoms with E-state index in [4.69, 9.17) is 4.74 Å². The number of para-hydroxylation sites is 2. The summed E-state index contributed by atoms with van der Waals surface area (Å²) in [7, 11) is 1.44. The molecule has 6 heteroatoms. The van der Waals surface area contributed by atoms with Crippen molar-refractivity contribution in [2.45, 2.75) is 6.54 Å². The maximum absolute atomic E-state index is 11.1. The summed E-state index contributed by atoms with van der Waals surface area (Å²) < 4.78 is 5.04. The number of hydrogen-bond donors (Lipinski definition) is 1. The molecule has 0 radical (unpaired) electrons. The number of nitro groups is 1. The molecule has 0 aliphatic carbocycles. The van der Waals surface area contributed by atoms with Gasteiger partial charge in [0.25, 0.3) is 0 Å². The van der Waals surface area contributed by atoms with Crippen LogP contribution in [0.25, 0.3) is 0 Å². The molecule has 0 unspecified atom stereocenters. The molecule has 0 spiro atoms. The molecule has 2 aromatic carbocycles. The molecule has 1 aliphatic heterocycles. The topological polar surface area (TPSA) is 67.6 Å². The molecule has 1 heterocycles. The Labute approximate surface area is 128 Å². The minimum atomic E-state index is -0.409. The molecule has 0 saturated carbocycles. The first-order valence-corrected chi connectivity index (χ1v) is 7.08. The number of methoxy groups -OCH3 is 1. The average Bonchev–Trinajstić information content (AvgIpc) is 2.55. The summed E-state index contributed by atoms with van der Waals surface area (Å²) in [5.74, 6) is 0.287. The van der Waals surface area contributed by atoms with Crippen LogP contribution in [-0.2, 0) is 6.54 Å². The van der Waals surface area contributed by atoms with Crippen molar-refractivity contribution in [1.29, 1.82) is 0 Å². The Morgan fingerprint density at radius 3 is 2.91 bits per heavy atom. The Morgan fingerprint density at radius 2 is 2.14 bits per heavy atom. The highest BCUT2D eigenvalue weighted by Crippen LogP contribution is 2.32. The molecule has 0 aromatic heterocycles. The van der Waals surface area contributed by atoms with Gasteiger partial charge in [0, 0.05) is 25.7 Å². The van der Waals surface area contributed by atoms with Crippen molar-refractivity contribution in [2.24, 2.45) is 0 Å². The zero-order valence-corrected chi connectivity index (χ0v) is 12.3. The summed E-state index contributed by atoms with van der Waals surface area (Å²) >= 11 is 0. The Morgan fingerprint density at radius 1 is 1.32 bits per heavy atom. The van der Waals surface area contributed by atoms with Gasteiger partial charge in [-0.25, -0.2) is 0 Å². The van der Waals surface area contributed by atoms with Crippen LogP contribution in [0.3, 0.4) is 0 Å². The van der Waals surface area contributed by atoms with Gasteiger partial charge in [-0.1, -0.05) is 18.2 Å². The summed E-state index contributed by atoms with van der Waals surface area (Å²) in [5.41, 5.74) is 3.11. The van der Waals surface area contributed by atoms with Gasteiger partial charge >= 0.3 is 5.69 Å². The smallest absolute Gasteiger partial charge is 0.311 e. The lowest BCUT2D eigenvalue weighted by Gasteiger charge is -2.32. The quantitative estimate of drug-likeness (QED) is 0.694. The maximum Gasteiger partial charge on any atom is 0.311 e. The molecular weight excluding hydrogens is 282 g/mol. The third-order valence-corrected chi connectivity index (χ3v) is 3.76. The van der Waals surface area contributed by atoms with E-state index in [2.05, 4.69) is 16.3 Å². The Balaban J connectivity index is 1.88. The first kappa shape index (κ1) is 14.2. The average molecular weight is 299 g/mol. The zero-order chi connectivity index (χ0) is 15.5. The van der Waals surface area contributed by atoms with E-state index in [0.29, 0.717) is 6.54 Å². The van der Waals surface area contributed by atoms with E-state index in [9.17, 15) is 10.1 Å². The molecule has 0 amide bonds. The third-order valence-electron chi connectivity index (χ3n) is 3.76. The SMILES string of the molecule is COc1ccc(CN2CCNc3ccccc32)cc1[N+](=O)[O-]. The maximum atomic E-state index is 11.1. The largest absolute Gasteiger partial charge is 0.490 e. The second kappa shape index (κ2) is 5.93. The first-order valence-electron chi connectivity index (χ1n) is 7.08. The number of benzene rings is 2. The van der Waals surface area contributed by atoms with E-state index in [1.165, 1.54) is 7.11 Å². The van der Waals surface area contributed by atoms with Crippen molar-refractivity contribution >= 4 is 17.1 Å². The number of nitro benzene ring substituents is 1. The second-order valence-corrected chi connectivity index (χ2v) is 5.13. The summed E-state index contributed by atoms with van der Waals surface area (Å²) in [4.78, 5) is 12.9. The van der Waals surface area contributed by atoms with Crippen molar-refractivity contribution < 1.29 is 9.66 Å². The minimum absolute atomic E-state index is 0.00317. The van der Waals surface area contributed by atoms with Crippen LogP contribution in [-0.4, -0.2) is 25.1 Å². The third kappa shape index (κ3) is 2.67. The standard InChI is InChI=1S/C16H17N3O3/c1-22-16-7-6-12(10-15(16)19(20)21)11-18-9-8-17-13-4-2-3-5-14(13)18/h2-7,10,17H,8-9,11H2,1H3. The molecule has 2 aromatic rings. The number of fused-ring (bicyclic) bond motifs is 1. The van der Waals surface area contributed by atoms with Gasteiger partial charge in [0.15, 0.2) is 5.75 Å². The van der Waals surface area contributed by atoms with Crippen LogP contribution in [0.1, 0.15) is 5.56 Å².